The van der Waals surface area contributed by atoms with Crippen LogP contribution in [0.1, 0.15) is 22.8 Å². The summed E-state index contributed by atoms with van der Waals surface area (Å²) in [5, 5.41) is 4.65. The molecule has 24 heavy (non-hydrogen) atoms. The molecule has 0 aliphatic rings. The summed E-state index contributed by atoms with van der Waals surface area (Å²) >= 11 is 0. The molecule has 4 aromatic rings. The van der Waals surface area contributed by atoms with Gasteiger partial charge in [-0.3, -0.25) is 0 Å². The second-order valence-electron chi connectivity index (χ2n) is 5.69. The molecule has 0 aliphatic heterocycles. The number of para-hydroxylation sites is 3. The van der Waals surface area contributed by atoms with Crippen molar-refractivity contribution in [3.05, 3.63) is 77.4 Å². The molecule has 118 valence electrons. The van der Waals surface area contributed by atoms with Crippen molar-refractivity contribution in [3.63, 3.8) is 0 Å². The zero-order chi connectivity index (χ0) is 16.5. The van der Waals surface area contributed by atoms with Crippen LogP contribution in [-0.2, 0) is 0 Å². The van der Waals surface area contributed by atoms with Crippen molar-refractivity contribution in [1.29, 1.82) is 0 Å². The Morgan fingerprint density at radius 3 is 2.46 bits per heavy atom. The number of hydrogen-bond donors (Lipinski definition) is 0. The molecule has 2 aromatic carbocycles. The van der Waals surface area contributed by atoms with Gasteiger partial charge in [-0.05, 0) is 44.2 Å². The predicted molar refractivity (Wildman–Crippen MR) is 96.0 cm³/mol. The number of aryl methyl sites for hydroxylation is 1. The first-order valence-corrected chi connectivity index (χ1v) is 7.87. The normalized spacial score (nSPS) is 11.6. The van der Waals surface area contributed by atoms with Crippen molar-refractivity contribution in [2.24, 2.45) is 0 Å². The smallest absolute Gasteiger partial charge is 0.220 e. The second kappa shape index (κ2) is 5.81. The standard InChI is InChI=1S/C20H17N3O/c1-14-17(15(2)23(22-14)16-8-4-3-5-9-16)12-13-20-21-18-10-6-7-11-19(18)24-20/h3-13H,1-2H3. The van der Waals surface area contributed by atoms with Crippen LogP contribution in [0.2, 0.25) is 0 Å². The largest absolute Gasteiger partial charge is 0.437 e. The third-order valence-electron chi connectivity index (χ3n) is 4.05. The van der Waals surface area contributed by atoms with Crippen molar-refractivity contribution in [1.82, 2.24) is 14.8 Å². The lowest BCUT2D eigenvalue weighted by Gasteiger charge is -2.03. The summed E-state index contributed by atoms with van der Waals surface area (Å²) in [6.45, 7) is 4.08. The zero-order valence-corrected chi connectivity index (χ0v) is 13.6. The summed E-state index contributed by atoms with van der Waals surface area (Å²) < 4.78 is 7.70. The number of aromatic nitrogens is 3. The van der Waals surface area contributed by atoms with E-state index in [1.54, 1.807) is 0 Å². The van der Waals surface area contributed by atoms with E-state index < -0.39 is 0 Å². The molecule has 0 radical (unpaired) electrons. The van der Waals surface area contributed by atoms with Crippen LogP contribution in [0, 0.1) is 13.8 Å². The van der Waals surface area contributed by atoms with E-state index in [1.807, 2.05) is 78.4 Å². The molecular weight excluding hydrogens is 298 g/mol. The zero-order valence-electron chi connectivity index (χ0n) is 13.6. The summed E-state index contributed by atoms with van der Waals surface area (Å²) in [5.41, 5.74) is 5.87. The van der Waals surface area contributed by atoms with Crippen molar-refractivity contribution >= 4 is 23.3 Å². The Labute approximate surface area is 140 Å². The quantitative estimate of drug-likeness (QED) is 0.545. The fourth-order valence-electron chi connectivity index (χ4n) is 2.83. The van der Waals surface area contributed by atoms with Gasteiger partial charge in [0, 0.05) is 17.3 Å². The molecule has 4 rings (SSSR count). The molecule has 4 nitrogen and oxygen atoms in total. The maximum Gasteiger partial charge on any atom is 0.220 e. The van der Waals surface area contributed by atoms with E-state index in [2.05, 4.69) is 17.0 Å². The molecule has 0 N–H and O–H groups in total. The number of benzene rings is 2. The number of nitrogens with zero attached hydrogens (tertiary/aromatic N) is 3. The summed E-state index contributed by atoms with van der Waals surface area (Å²) in [4.78, 5) is 4.47. The van der Waals surface area contributed by atoms with Crippen molar-refractivity contribution in [2.45, 2.75) is 13.8 Å². The second-order valence-corrected chi connectivity index (χ2v) is 5.69. The lowest BCUT2D eigenvalue weighted by molar-refractivity contribution is 0.589. The van der Waals surface area contributed by atoms with Gasteiger partial charge < -0.3 is 4.42 Å². The minimum absolute atomic E-state index is 0.600. The Morgan fingerprint density at radius 1 is 0.917 bits per heavy atom. The van der Waals surface area contributed by atoms with Crippen LogP contribution in [0.4, 0.5) is 0 Å². The molecule has 0 amide bonds. The van der Waals surface area contributed by atoms with Gasteiger partial charge in [-0.1, -0.05) is 30.3 Å². The van der Waals surface area contributed by atoms with E-state index in [1.165, 1.54) is 0 Å². The van der Waals surface area contributed by atoms with Crippen LogP contribution >= 0.6 is 0 Å². The average molecular weight is 315 g/mol. The fraction of sp³-hybridized carbons (Fsp3) is 0.100. The first-order valence-electron chi connectivity index (χ1n) is 7.87. The van der Waals surface area contributed by atoms with Gasteiger partial charge in [0.2, 0.25) is 5.89 Å². The predicted octanol–water partition coefficient (Wildman–Crippen LogP) is 4.80. The highest BCUT2D eigenvalue weighted by atomic mass is 16.3. The van der Waals surface area contributed by atoms with Crippen LogP contribution < -0.4 is 0 Å². The summed E-state index contributed by atoms with van der Waals surface area (Å²) in [7, 11) is 0. The van der Waals surface area contributed by atoms with Gasteiger partial charge in [-0.25, -0.2) is 9.67 Å². The Bertz CT molecular complexity index is 993. The van der Waals surface area contributed by atoms with E-state index in [-0.39, 0.29) is 0 Å². The Morgan fingerprint density at radius 2 is 1.67 bits per heavy atom. The number of rotatable bonds is 3. The molecular formula is C20H17N3O. The van der Waals surface area contributed by atoms with Crippen LogP contribution in [0.25, 0.3) is 28.9 Å². The van der Waals surface area contributed by atoms with Gasteiger partial charge >= 0.3 is 0 Å². The highest BCUT2D eigenvalue weighted by Crippen LogP contribution is 2.21. The van der Waals surface area contributed by atoms with E-state index >= 15 is 0 Å². The molecule has 4 heteroatoms. The molecule has 0 saturated carbocycles. The van der Waals surface area contributed by atoms with Crippen molar-refractivity contribution in [2.75, 3.05) is 0 Å². The molecule has 2 heterocycles. The van der Waals surface area contributed by atoms with Gasteiger partial charge in [-0.2, -0.15) is 5.10 Å². The lowest BCUT2D eigenvalue weighted by Crippen LogP contribution is -1.98. The molecule has 2 aromatic heterocycles. The fourth-order valence-corrected chi connectivity index (χ4v) is 2.83. The molecule has 0 aliphatic carbocycles. The average Bonchev–Trinajstić information content (AvgIpc) is 3.14. The summed E-state index contributed by atoms with van der Waals surface area (Å²) in [6.07, 6.45) is 3.91. The SMILES string of the molecule is Cc1nn(-c2ccccc2)c(C)c1C=Cc1nc2ccccc2o1. The third kappa shape index (κ3) is 2.52. The molecule has 0 saturated heterocycles. The monoisotopic (exact) mass is 315 g/mol. The van der Waals surface area contributed by atoms with Crippen LogP contribution in [0.15, 0.2) is 59.0 Å². The van der Waals surface area contributed by atoms with Crippen molar-refractivity contribution in [3.8, 4) is 5.69 Å². The van der Waals surface area contributed by atoms with Gasteiger partial charge in [0.25, 0.3) is 0 Å². The van der Waals surface area contributed by atoms with Crippen LogP contribution in [0.5, 0.6) is 0 Å². The Hall–Kier alpha value is -3.14. The van der Waals surface area contributed by atoms with Crippen molar-refractivity contribution < 1.29 is 4.42 Å². The minimum atomic E-state index is 0.600. The molecule has 0 spiro atoms. The maximum absolute atomic E-state index is 5.74. The number of fused-ring (bicyclic) bond motifs is 1. The summed E-state index contributed by atoms with van der Waals surface area (Å²) in [6, 6.07) is 17.9. The topological polar surface area (TPSA) is 43.9 Å². The van der Waals surface area contributed by atoms with Gasteiger partial charge in [0.1, 0.15) is 5.52 Å². The summed E-state index contributed by atoms with van der Waals surface area (Å²) in [5.74, 6) is 0.600. The van der Waals surface area contributed by atoms with Crippen LogP contribution in [-0.4, -0.2) is 14.8 Å². The molecule has 0 fully saturated rings. The Kier molecular flexibility index (Phi) is 3.50. The van der Waals surface area contributed by atoms with E-state index in [4.69, 9.17) is 4.42 Å². The highest BCUT2D eigenvalue weighted by Gasteiger charge is 2.10. The number of oxazole rings is 1. The third-order valence-corrected chi connectivity index (χ3v) is 4.05. The van der Waals surface area contributed by atoms with E-state index in [9.17, 15) is 0 Å². The van der Waals surface area contributed by atoms with E-state index in [0.29, 0.717) is 5.89 Å². The molecule has 0 unspecified atom stereocenters. The molecule has 0 bridgehead atoms. The maximum atomic E-state index is 5.74. The lowest BCUT2D eigenvalue weighted by atomic mass is 10.2. The van der Waals surface area contributed by atoms with Gasteiger partial charge in [0.15, 0.2) is 5.58 Å². The number of hydrogen-bond acceptors (Lipinski definition) is 3. The highest BCUT2D eigenvalue weighted by molar-refractivity contribution is 5.76. The molecule has 0 atom stereocenters. The van der Waals surface area contributed by atoms with Gasteiger partial charge in [-0.15, -0.1) is 0 Å². The first kappa shape index (κ1) is 14.5. The van der Waals surface area contributed by atoms with Crippen LogP contribution in [0.3, 0.4) is 0 Å². The first-order chi connectivity index (χ1) is 11.7. The van der Waals surface area contributed by atoms with E-state index in [0.717, 1.165) is 33.7 Å². The van der Waals surface area contributed by atoms with Gasteiger partial charge in [0.05, 0.1) is 11.4 Å². The Balaban J connectivity index is 1.70. The minimum Gasteiger partial charge on any atom is -0.437 e.